The molecule has 0 saturated carbocycles. The van der Waals surface area contributed by atoms with E-state index in [2.05, 4.69) is 80.8 Å². The van der Waals surface area contributed by atoms with E-state index in [-0.39, 0.29) is 5.41 Å². The first-order chi connectivity index (χ1) is 10.5. The highest BCUT2D eigenvalue weighted by Crippen LogP contribution is 2.26. The molecule has 0 radical (unpaired) electrons. The van der Waals surface area contributed by atoms with Crippen LogP contribution in [-0.4, -0.2) is 9.55 Å². The van der Waals surface area contributed by atoms with E-state index >= 15 is 0 Å². The molecule has 22 heavy (non-hydrogen) atoms. The molecular weight excluding hydrogens is 268 g/mol. The summed E-state index contributed by atoms with van der Waals surface area (Å²) in [6, 6.07) is 17.3. The molecule has 0 aliphatic rings. The van der Waals surface area contributed by atoms with Gasteiger partial charge in [0.1, 0.15) is 5.82 Å². The maximum Gasteiger partial charge on any atom is 0.114 e. The average molecular weight is 292 g/mol. The van der Waals surface area contributed by atoms with Gasteiger partial charge in [0.05, 0.1) is 11.0 Å². The zero-order valence-corrected chi connectivity index (χ0v) is 13.9. The van der Waals surface area contributed by atoms with Gasteiger partial charge in [-0.05, 0) is 41.7 Å². The Morgan fingerprint density at radius 1 is 0.955 bits per heavy atom. The van der Waals surface area contributed by atoms with Gasteiger partial charge in [0, 0.05) is 12.1 Å². The molecule has 0 aliphatic carbocycles. The Hall–Kier alpha value is -2.09. The largest absolute Gasteiger partial charge is 0.296 e. The van der Waals surface area contributed by atoms with Crippen molar-refractivity contribution >= 4 is 11.0 Å². The number of hydrogen-bond acceptors (Lipinski definition) is 1. The molecule has 0 saturated heterocycles. The normalized spacial score (nSPS) is 12.0. The van der Waals surface area contributed by atoms with Crippen LogP contribution in [0.15, 0.2) is 48.5 Å². The van der Waals surface area contributed by atoms with Crippen molar-refractivity contribution in [2.75, 3.05) is 0 Å². The van der Waals surface area contributed by atoms with Gasteiger partial charge in [-0.25, -0.2) is 4.98 Å². The first kappa shape index (κ1) is 14.8. The topological polar surface area (TPSA) is 17.8 Å². The highest BCUT2D eigenvalue weighted by molar-refractivity contribution is 5.78. The number of aromatic nitrogens is 2. The van der Waals surface area contributed by atoms with Gasteiger partial charge >= 0.3 is 0 Å². The van der Waals surface area contributed by atoms with Crippen LogP contribution < -0.4 is 0 Å². The molecule has 0 atom stereocenters. The van der Waals surface area contributed by atoms with E-state index in [0.717, 1.165) is 24.2 Å². The Balaban J connectivity index is 2.14. The van der Waals surface area contributed by atoms with Crippen LogP contribution in [0.5, 0.6) is 0 Å². The van der Waals surface area contributed by atoms with Crippen LogP contribution >= 0.6 is 0 Å². The maximum absolute atomic E-state index is 4.81. The molecular formula is C20H24N2. The quantitative estimate of drug-likeness (QED) is 0.642. The van der Waals surface area contributed by atoms with Crippen molar-refractivity contribution < 1.29 is 0 Å². The molecule has 2 heteroatoms. The van der Waals surface area contributed by atoms with E-state index < -0.39 is 0 Å². The van der Waals surface area contributed by atoms with Crippen LogP contribution in [0.1, 0.15) is 45.5 Å². The highest BCUT2D eigenvalue weighted by Gasteiger charge is 2.15. The van der Waals surface area contributed by atoms with E-state index in [1.54, 1.807) is 0 Å². The van der Waals surface area contributed by atoms with Gasteiger partial charge < -0.3 is 0 Å². The lowest BCUT2D eigenvalue weighted by Crippen LogP contribution is -2.11. The molecule has 0 fully saturated rings. The molecule has 0 N–H and O–H groups in total. The van der Waals surface area contributed by atoms with Crippen molar-refractivity contribution in [1.29, 1.82) is 0 Å². The van der Waals surface area contributed by atoms with Crippen molar-refractivity contribution in [3.8, 4) is 5.69 Å². The monoisotopic (exact) mass is 292 g/mol. The lowest BCUT2D eigenvalue weighted by Gasteiger charge is -2.19. The third-order valence-electron chi connectivity index (χ3n) is 4.10. The second-order valence-electron chi connectivity index (χ2n) is 6.90. The molecule has 3 rings (SSSR count). The molecule has 3 aromatic rings. The molecule has 0 bridgehead atoms. The molecule has 1 aromatic heterocycles. The number of aryl methyl sites for hydroxylation is 1. The second-order valence-corrected chi connectivity index (χ2v) is 6.90. The van der Waals surface area contributed by atoms with Crippen LogP contribution in [0.4, 0.5) is 0 Å². The van der Waals surface area contributed by atoms with Crippen LogP contribution in [0.25, 0.3) is 16.7 Å². The zero-order valence-electron chi connectivity index (χ0n) is 13.9. The smallest absolute Gasteiger partial charge is 0.114 e. The van der Waals surface area contributed by atoms with E-state index in [0.29, 0.717) is 0 Å². The van der Waals surface area contributed by atoms with Crippen LogP contribution in [0.2, 0.25) is 0 Å². The number of para-hydroxylation sites is 2. The standard InChI is InChI=1S/C20H24N2/c1-5-8-19-21-17-9-6-7-10-18(17)22(19)16-13-11-15(12-14-16)20(2,3)4/h6-7,9-14H,5,8H2,1-4H3. The van der Waals surface area contributed by atoms with E-state index in [1.807, 2.05) is 0 Å². The van der Waals surface area contributed by atoms with Crippen molar-refractivity contribution in [2.24, 2.45) is 0 Å². The van der Waals surface area contributed by atoms with Crippen LogP contribution in [-0.2, 0) is 11.8 Å². The number of nitrogens with zero attached hydrogens (tertiary/aromatic N) is 2. The van der Waals surface area contributed by atoms with E-state index in [9.17, 15) is 0 Å². The fraction of sp³-hybridized carbons (Fsp3) is 0.350. The number of imidazole rings is 1. The predicted molar refractivity (Wildman–Crippen MR) is 93.8 cm³/mol. The lowest BCUT2D eigenvalue weighted by molar-refractivity contribution is 0.590. The van der Waals surface area contributed by atoms with Gasteiger partial charge in [-0.15, -0.1) is 0 Å². The Morgan fingerprint density at radius 3 is 2.27 bits per heavy atom. The van der Waals surface area contributed by atoms with Crippen molar-refractivity contribution in [3.63, 3.8) is 0 Å². The third-order valence-corrected chi connectivity index (χ3v) is 4.10. The summed E-state index contributed by atoms with van der Waals surface area (Å²) in [4.78, 5) is 4.81. The zero-order chi connectivity index (χ0) is 15.7. The Kier molecular flexibility index (Phi) is 3.78. The molecule has 0 amide bonds. The Morgan fingerprint density at radius 2 is 1.64 bits per heavy atom. The summed E-state index contributed by atoms with van der Waals surface area (Å²) in [7, 11) is 0. The summed E-state index contributed by atoms with van der Waals surface area (Å²) in [6.07, 6.45) is 2.10. The number of hydrogen-bond donors (Lipinski definition) is 0. The maximum atomic E-state index is 4.81. The minimum absolute atomic E-state index is 0.182. The van der Waals surface area contributed by atoms with Gasteiger partial charge in [0.25, 0.3) is 0 Å². The summed E-state index contributed by atoms with van der Waals surface area (Å²) in [5, 5.41) is 0. The SMILES string of the molecule is CCCc1nc2ccccc2n1-c1ccc(C(C)(C)C)cc1. The molecule has 2 aromatic carbocycles. The number of rotatable bonds is 3. The average Bonchev–Trinajstić information content (AvgIpc) is 2.85. The van der Waals surface area contributed by atoms with Gasteiger partial charge in [0.2, 0.25) is 0 Å². The summed E-state index contributed by atoms with van der Waals surface area (Å²) in [5.74, 6) is 1.15. The van der Waals surface area contributed by atoms with Crippen LogP contribution in [0, 0.1) is 0 Å². The minimum atomic E-state index is 0.182. The number of fused-ring (bicyclic) bond motifs is 1. The van der Waals surface area contributed by atoms with Gasteiger partial charge in [-0.2, -0.15) is 0 Å². The minimum Gasteiger partial charge on any atom is -0.296 e. The van der Waals surface area contributed by atoms with Crippen molar-refractivity contribution in [3.05, 3.63) is 59.9 Å². The van der Waals surface area contributed by atoms with Crippen molar-refractivity contribution in [2.45, 2.75) is 46.0 Å². The first-order valence-electron chi connectivity index (χ1n) is 8.08. The van der Waals surface area contributed by atoms with Crippen LogP contribution in [0.3, 0.4) is 0 Å². The highest BCUT2D eigenvalue weighted by atomic mass is 15.1. The number of benzene rings is 2. The Labute approximate surface area is 132 Å². The molecule has 0 aliphatic heterocycles. The molecule has 2 nitrogen and oxygen atoms in total. The fourth-order valence-electron chi connectivity index (χ4n) is 2.87. The van der Waals surface area contributed by atoms with Gasteiger partial charge in [-0.3, -0.25) is 4.57 Å². The van der Waals surface area contributed by atoms with E-state index in [4.69, 9.17) is 4.98 Å². The van der Waals surface area contributed by atoms with Gasteiger partial charge in [0.15, 0.2) is 0 Å². The molecule has 114 valence electrons. The van der Waals surface area contributed by atoms with E-state index in [1.165, 1.54) is 16.8 Å². The third kappa shape index (κ3) is 2.66. The molecule has 1 heterocycles. The first-order valence-corrected chi connectivity index (χ1v) is 8.08. The molecule has 0 unspecified atom stereocenters. The lowest BCUT2D eigenvalue weighted by atomic mass is 9.87. The summed E-state index contributed by atoms with van der Waals surface area (Å²) in [6.45, 7) is 8.94. The second kappa shape index (κ2) is 5.60. The fourth-order valence-corrected chi connectivity index (χ4v) is 2.87. The Bertz CT molecular complexity index is 774. The summed E-state index contributed by atoms with van der Waals surface area (Å²) < 4.78 is 2.30. The molecule has 0 spiro atoms. The summed E-state index contributed by atoms with van der Waals surface area (Å²) >= 11 is 0. The van der Waals surface area contributed by atoms with Gasteiger partial charge in [-0.1, -0.05) is 52.0 Å². The summed E-state index contributed by atoms with van der Waals surface area (Å²) in [5.41, 5.74) is 5.00. The predicted octanol–water partition coefficient (Wildman–Crippen LogP) is 5.28. The van der Waals surface area contributed by atoms with Crippen molar-refractivity contribution in [1.82, 2.24) is 9.55 Å².